The van der Waals surface area contributed by atoms with Gasteiger partial charge in [0, 0.05) is 6.54 Å². The fourth-order valence-electron chi connectivity index (χ4n) is 1.52. The van der Waals surface area contributed by atoms with Crippen LogP contribution in [0.3, 0.4) is 0 Å². The molecule has 1 fully saturated rings. The van der Waals surface area contributed by atoms with Gasteiger partial charge >= 0.3 is 0 Å². The van der Waals surface area contributed by atoms with Gasteiger partial charge in [-0.05, 0) is 40.8 Å². The van der Waals surface area contributed by atoms with Crippen LogP contribution in [0.25, 0.3) is 0 Å². The summed E-state index contributed by atoms with van der Waals surface area (Å²) in [4.78, 5) is 0. The first-order valence-electron chi connectivity index (χ1n) is 5.33. The predicted octanol–water partition coefficient (Wildman–Crippen LogP) is 3.20. The number of hydrogen-bond acceptors (Lipinski definition) is 3. The lowest BCUT2D eigenvalue weighted by Gasteiger charge is -2.18. The topological polar surface area (TPSA) is 37.4 Å². The number of sulfonamides is 1. The largest absolute Gasteiger partial charge is 0.253 e. The summed E-state index contributed by atoms with van der Waals surface area (Å²) in [5.74, 6) is 2.86. The molecule has 7 heteroatoms. The molecule has 1 heterocycles. The molecular formula is C11H11BrClNO2S2. The molecule has 2 rings (SSSR count). The molecule has 0 N–H and O–H groups in total. The van der Waals surface area contributed by atoms with Crippen LogP contribution < -0.4 is 0 Å². The van der Waals surface area contributed by atoms with Crippen molar-refractivity contribution < 1.29 is 8.42 Å². The summed E-state index contributed by atoms with van der Waals surface area (Å²) in [6.45, 7) is 0.603. The van der Waals surface area contributed by atoms with Crippen molar-refractivity contribution >= 4 is 48.9 Å². The second-order valence-corrected chi connectivity index (χ2v) is 9.07. The van der Waals surface area contributed by atoms with Crippen molar-refractivity contribution in [1.82, 2.24) is 4.31 Å². The van der Waals surface area contributed by atoms with Crippen molar-refractivity contribution in [3.8, 4) is 12.3 Å². The Bertz CT molecular complexity index is 567. The number of terminal acetylenes is 1. The SMILES string of the molecule is C#CCN(CC1CC1)S(=O)(=O)c1cc(Cl)c(Br)s1. The van der Waals surface area contributed by atoms with Crippen molar-refractivity contribution in [1.29, 1.82) is 0 Å². The van der Waals surface area contributed by atoms with E-state index >= 15 is 0 Å². The van der Waals surface area contributed by atoms with Gasteiger partial charge in [-0.15, -0.1) is 17.8 Å². The van der Waals surface area contributed by atoms with E-state index in [1.165, 1.54) is 10.4 Å². The van der Waals surface area contributed by atoms with Gasteiger partial charge < -0.3 is 0 Å². The van der Waals surface area contributed by atoms with Crippen LogP contribution >= 0.6 is 38.9 Å². The van der Waals surface area contributed by atoms with Crippen LogP contribution in [0.1, 0.15) is 12.8 Å². The second-order valence-electron chi connectivity index (χ2n) is 4.13. The summed E-state index contributed by atoms with van der Waals surface area (Å²) >= 11 is 10.2. The average molecular weight is 369 g/mol. The number of hydrogen-bond donors (Lipinski definition) is 0. The molecule has 1 saturated carbocycles. The first kappa shape index (κ1) is 14.4. The van der Waals surface area contributed by atoms with Gasteiger partial charge in [0.25, 0.3) is 10.0 Å². The molecule has 98 valence electrons. The first-order valence-corrected chi connectivity index (χ1v) is 8.76. The van der Waals surface area contributed by atoms with E-state index in [1.54, 1.807) is 0 Å². The third-order valence-electron chi connectivity index (χ3n) is 2.64. The number of thiophene rings is 1. The lowest BCUT2D eigenvalue weighted by atomic mass is 10.4. The van der Waals surface area contributed by atoms with Gasteiger partial charge in [-0.3, -0.25) is 0 Å². The molecule has 0 aliphatic heterocycles. The highest BCUT2D eigenvalue weighted by Gasteiger charge is 2.32. The molecule has 1 aromatic rings. The minimum atomic E-state index is -3.53. The number of nitrogens with zero attached hydrogens (tertiary/aromatic N) is 1. The van der Waals surface area contributed by atoms with Gasteiger partial charge in [0.1, 0.15) is 4.21 Å². The molecule has 1 aromatic heterocycles. The second kappa shape index (κ2) is 5.51. The lowest BCUT2D eigenvalue weighted by molar-refractivity contribution is 0.431. The summed E-state index contributed by atoms with van der Waals surface area (Å²) < 4.78 is 27.0. The Morgan fingerprint density at radius 3 is 2.72 bits per heavy atom. The molecule has 0 unspecified atom stereocenters. The first-order chi connectivity index (χ1) is 8.45. The molecule has 0 bridgehead atoms. The molecule has 3 nitrogen and oxygen atoms in total. The molecule has 0 atom stereocenters. The Hall–Kier alpha value is -0.0600. The Balaban J connectivity index is 2.28. The van der Waals surface area contributed by atoms with Gasteiger partial charge in [-0.25, -0.2) is 8.42 Å². The van der Waals surface area contributed by atoms with E-state index in [0.717, 1.165) is 24.2 Å². The quantitative estimate of drug-likeness (QED) is 0.749. The van der Waals surface area contributed by atoms with Crippen LogP contribution in [0.4, 0.5) is 0 Å². The Morgan fingerprint density at radius 2 is 2.28 bits per heavy atom. The third-order valence-corrected chi connectivity index (χ3v) is 7.38. The molecule has 1 aliphatic carbocycles. The molecule has 1 aliphatic rings. The Morgan fingerprint density at radius 1 is 1.61 bits per heavy atom. The van der Waals surface area contributed by atoms with Crippen LogP contribution in [0.15, 0.2) is 14.1 Å². The maximum atomic E-state index is 12.4. The highest BCUT2D eigenvalue weighted by molar-refractivity contribution is 9.11. The zero-order valence-corrected chi connectivity index (χ0v) is 13.4. The van der Waals surface area contributed by atoms with Crippen LogP contribution in [0.2, 0.25) is 5.02 Å². The zero-order chi connectivity index (χ0) is 13.3. The van der Waals surface area contributed by atoms with E-state index in [2.05, 4.69) is 21.9 Å². The van der Waals surface area contributed by atoms with E-state index in [0.29, 0.717) is 21.3 Å². The van der Waals surface area contributed by atoms with Crippen molar-refractivity contribution in [2.24, 2.45) is 5.92 Å². The molecule has 0 amide bonds. The molecule has 18 heavy (non-hydrogen) atoms. The minimum absolute atomic E-state index is 0.103. The monoisotopic (exact) mass is 367 g/mol. The molecule has 0 aromatic carbocycles. The fraction of sp³-hybridized carbons (Fsp3) is 0.455. The van der Waals surface area contributed by atoms with Crippen LogP contribution in [-0.4, -0.2) is 25.8 Å². The average Bonchev–Trinajstić information content (AvgIpc) is 3.05. The zero-order valence-electron chi connectivity index (χ0n) is 9.40. The van der Waals surface area contributed by atoms with Crippen LogP contribution in [0.5, 0.6) is 0 Å². The Kier molecular flexibility index (Phi) is 4.40. The van der Waals surface area contributed by atoms with E-state index in [4.69, 9.17) is 18.0 Å². The molecular weight excluding hydrogens is 358 g/mol. The van der Waals surface area contributed by atoms with Crippen molar-refractivity contribution in [2.75, 3.05) is 13.1 Å². The van der Waals surface area contributed by atoms with E-state index < -0.39 is 10.0 Å². The van der Waals surface area contributed by atoms with Crippen LogP contribution in [-0.2, 0) is 10.0 Å². The highest BCUT2D eigenvalue weighted by Crippen LogP contribution is 2.37. The minimum Gasteiger partial charge on any atom is -0.206 e. The fourth-order valence-corrected chi connectivity index (χ4v) is 5.50. The smallest absolute Gasteiger partial charge is 0.206 e. The molecule has 0 saturated heterocycles. The third kappa shape index (κ3) is 3.09. The van der Waals surface area contributed by atoms with Gasteiger partial charge in [-0.2, -0.15) is 4.31 Å². The maximum Gasteiger partial charge on any atom is 0.253 e. The van der Waals surface area contributed by atoms with Crippen LogP contribution in [0, 0.1) is 18.3 Å². The van der Waals surface area contributed by atoms with Gasteiger partial charge in [0.15, 0.2) is 0 Å². The standard InChI is InChI=1S/C11H11BrClNO2S2/c1-2-5-14(7-8-3-4-8)18(15,16)10-6-9(13)11(12)17-10/h1,6,8H,3-5,7H2. The van der Waals surface area contributed by atoms with E-state index in [-0.39, 0.29) is 10.8 Å². The van der Waals surface area contributed by atoms with Crippen molar-refractivity contribution in [3.05, 3.63) is 14.9 Å². The van der Waals surface area contributed by atoms with Gasteiger partial charge in [-0.1, -0.05) is 17.5 Å². The number of halogens is 2. The molecule has 0 spiro atoms. The normalized spacial score (nSPS) is 15.9. The van der Waals surface area contributed by atoms with Crippen molar-refractivity contribution in [3.63, 3.8) is 0 Å². The summed E-state index contributed by atoms with van der Waals surface area (Å²) in [6.07, 6.45) is 7.40. The summed E-state index contributed by atoms with van der Waals surface area (Å²) in [5, 5.41) is 0.408. The predicted molar refractivity (Wildman–Crippen MR) is 77.3 cm³/mol. The van der Waals surface area contributed by atoms with Gasteiger partial charge in [0.05, 0.1) is 15.4 Å². The Labute approximate surface area is 124 Å². The summed E-state index contributed by atoms with van der Waals surface area (Å²) in [7, 11) is -3.53. The molecule has 0 radical (unpaired) electrons. The summed E-state index contributed by atoms with van der Waals surface area (Å²) in [5.41, 5.74) is 0. The van der Waals surface area contributed by atoms with E-state index in [9.17, 15) is 8.42 Å². The highest BCUT2D eigenvalue weighted by atomic mass is 79.9. The maximum absolute atomic E-state index is 12.4. The van der Waals surface area contributed by atoms with E-state index in [1.807, 2.05) is 0 Å². The summed E-state index contributed by atoms with van der Waals surface area (Å²) in [6, 6.07) is 1.46. The van der Waals surface area contributed by atoms with Crippen molar-refractivity contribution in [2.45, 2.75) is 17.1 Å². The van der Waals surface area contributed by atoms with Gasteiger partial charge in [0.2, 0.25) is 0 Å². The lowest BCUT2D eigenvalue weighted by Crippen LogP contribution is -2.32. The number of rotatable bonds is 5.